The van der Waals surface area contributed by atoms with E-state index in [1.54, 1.807) is 0 Å². The van der Waals surface area contributed by atoms with Crippen molar-refractivity contribution in [3.63, 3.8) is 0 Å². The molecule has 1 amide bonds. The van der Waals surface area contributed by atoms with Gasteiger partial charge in [-0.3, -0.25) is 4.79 Å². The molecule has 1 N–H and O–H groups in total. The second-order valence-electron chi connectivity index (χ2n) is 6.91. The minimum Gasteiger partial charge on any atom is -0.408 e. The van der Waals surface area contributed by atoms with Crippen LogP contribution >= 0.6 is 11.6 Å². The van der Waals surface area contributed by atoms with Crippen LogP contribution in [-0.4, -0.2) is 15.7 Å². The zero-order valence-corrected chi connectivity index (χ0v) is 16.1. The van der Waals surface area contributed by atoms with E-state index in [1.165, 1.54) is 0 Å². The van der Waals surface area contributed by atoms with E-state index >= 15 is 0 Å². The molecule has 0 aliphatic heterocycles. The molecule has 0 unspecified atom stereocenters. The Hall–Kier alpha value is -0.843. The summed E-state index contributed by atoms with van der Waals surface area (Å²) in [6.45, 7) is 12.9. The summed E-state index contributed by atoms with van der Waals surface area (Å²) in [5, 5.41) is 3.69. The number of carbonyl (C=O) groups is 1. The van der Waals surface area contributed by atoms with Gasteiger partial charge >= 0.3 is 0 Å². The summed E-state index contributed by atoms with van der Waals surface area (Å²) in [6.07, 6.45) is 0.488. The summed E-state index contributed by atoms with van der Waals surface area (Å²) in [5.41, 5.74) is 1.51. The largest absolute Gasteiger partial charge is 0.408 e. The number of amides is 1. The second-order valence-corrected chi connectivity index (χ2v) is 9.22. The molecule has 1 aromatic carbocycles. The Bertz CT molecular complexity index is 524. The summed E-state index contributed by atoms with van der Waals surface area (Å²) >= 11 is 6.36. The van der Waals surface area contributed by atoms with E-state index < -0.39 is 5.60 Å². The van der Waals surface area contributed by atoms with Crippen molar-refractivity contribution in [1.82, 2.24) is 5.32 Å². The molecule has 1 rings (SSSR count). The van der Waals surface area contributed by atoms with Crippen LogP contribution in [-0.2, 0) is 21.4 Å². The maximum Gasteiger partial charge on any atom is 0.236 e. The molecule has 22 heavy (non-hydrogen) atoms. The van der Waals surface area contributed by atoms with Gasteiger partial charge in [0.25, 0.3) is 0 Å². The average molecular weight is 340 g/mol. The predicted molar refractivity (Wildman–Crippen MR) is 93.2 cm³/mol. The molecule has 0 saturated heterocycles. The molecule has 3 nitrogen and oxygen atoms in total. The minimum absolute atomic E-state index is 0.0428. The zero-order chi connectivity index (χ0) is 17.0. The van der Waals surface area contributed by atoms with Gasteiger partial charge in [0.05, 0.1) is 5.60 Å². The molecule has 0 aliphatic carbocycles. The molecule has 0 atom stereocenters. The lowest BCUT2D eigenvalue weighted by Crippen LogP contribution is -2.28. The third-order valence-corrected chi connectivity index (χ3v) is 4.66. The third-order valence-electron chi connectivity index (χ3n) is 3.10. The summed E-state index contributed by atoms with van der Waals surface area (Å²) in [6, 6.07) is 5.82. The number of halogens is 1. The van der Waals surface area contributed by atoms with Crippen molar-refractivity contribution in [3.8, 4) is 0 Å². The van der Waals surface area contributed by atoms with E-state index in [-0.39, 0.29) is 10.9 Å². The molecule has 0 aliphatic rings. The zero-order valence-electron chi connectivity index (χ0n) is 14.3. The molecule has 0 fully saturated rings. The van der Waals surface area contributed by atoms with Gasteiger partial charge in [-0.2, -0.15) is 0 Å². The van der Waals surface area contributed by atoms with Gasteiger partial charge in [-0.15, -0.1) is 0 Å². The van der Waals surface area contributed by atoms with Gasteiger partial charge in [-0.25, -0.2) is 0 Å². The fourth-order valence-corrected chi connectivity index (χ4v) is 2.82. The maximum absolute atomic E-state index is 11.4. The van der Waals surface area contributed by atoms with Crippen molar-refractivity contribution in [2.24, 2.45) is 0 Å². The lowest BCUT2D eigenvalue weighted by molar-refractivity contribution is -0.120. The highest BCUT2D eigenvalue weighted by Crippen LogP contribution is 2.34. The number of hydrogen-bond donors (Lipinski definition) is 1. The monoisotopic (exact) mass is 339 g/mol. The molecule has 0 spiro atoms. The normalized spacial score (nSPS) is 12.3. The predicted octanol–water partition coefficient (Wildman–Crippen LogP) is 4.46. The number of hydrogen-bond acceptors (Lipinski definition) is 2. The molecular formula is C17H26ClNO2Si. The van der Waals surface area contributed by atoms with Crippen molar-refractivity contribution < 1.29 is 9.22 Å². The van der Waals surface area contributed by atoms with E-state index in [4.69, 9.17) is 16.0 Å². The molecule has 2 radical (unpaired) electrons. The maximum atomic E-state index is 11.4. The first kappa shape index (κ1) is 19.2. The first-order valence-corrected chi connectivity index (χ1v) is 8.84. The fourth-order valence-electron chi connectivity index (χ4n) is 1.81. The van der Waals surface area contributed by atoms with E-state index in [1.807, 2.05) is 39.0 Å². The smallest absolute Gasteiger partial charge is 0.236 e. The Balaban J connectivity index is 2.90. The minimum atomic E-state index is -0.465. The number of nitrogens with one attached hydrogen (secondary N) is 1. The summed E-state index contributed by atoms with van der Waals surface area (Å²) in [7, 11) is 0.380. The van der Waals surface area contributed by atoms with E-state index in [0.29, 0.717) is 27.8 Å². The average Bonchev–Trinajstić information content (AvgIpc) is 2.43. The molecule has 5 heteroatoms. The Kier molecular flexibility index (Phi) is 6.65. The van der Waals surface area contributed by atoms with Gasteiger partial charge in [0.1, 0.15) is 0 Å². The van der Waals surface area contributed by atoms with Crippen LogP contribution in [0, 0.1) is 0 Å². The Morgan fingerprint density at radius 3 is 2.45 bits per heavy atom. The Morgan fingerprint density at radius 2 is 1.91 bits per heavy atom. The van der Waals surface area contributed by atoms with Crippen LogP contribution < -0.4 is 5.32 Å². The first-order valence-electron chi connectivity index (χ1n) is 7.56. The van der Waals surface area contributed by atoms with Crippen LogP contribution in [0.4, 0.5) is 0 Å². The SMILES string of the molecule is CCC(=O)NCc1ccc(Cl)c(C(C)(C)O[Si]C(C)(C)C)c1. The number of rotatable bonds is 6. The summed E-state index contributed by atoms with van der Waals surface area (Å²) in [4.78, 5) is 11.4. The Labute approximate surface area is 141 Å². The highest BCUT2D eigenvalue weighted by Gasteiger charge is 2.27. The molecular weight excluding hydrogens is 314 g/mol. The van der Waals surface area contributed by atoms with E-state index in [2.05, 4.69) is 26.1 Å². The Morgan fingerprint density at radius 1 is 1.27 bits per heavy atom. The van der Waals surface area contributed by atoms with Gasteiger partial charge < -0.3 is 9.74 Å². The van der Waals surface area contributed by atoms with Crippen LogP contribution in [0.25, 0.3) is 0 Å². The van der Waals surface area contributed by atoms with Gasteiger partial charge in [0, 0.05) is 23.6 Å². The van der Waals surface area contributed by atoms with Gasteiger partial charge in [-0.05, 0) is 36.6 Å². The van der Waals surface area contributed by atoms with Crippen LogP contribution in [0.3, 0.4) is 0 Å². The number of carbonyl (C=O) groups excluding carboxylic acids is 1. The van der Waals surface area contributed by atoms with Gasteiger partial charge in [0.2, 0.25) is 15.7 Å². The van der Waals surface area contributed by atoms with E-state index in [9.17, 15) is 4.79 Å². The lowest BCUT2D eigenvalue weighted by Gasteiger charge is -2.30. The molecule has 0 aromatic heterocycles. The quantitative estimate of drug-likeness (QED) is 0.777. The molecule has 1 aromatic rings. The van der Waals surface area contributed by atoms with Crippen LogP contribution in [0.2, 0.25) is 10.1 Å². The molecule has 0 heterocycles. The summed E-state index contributed by atoms with van der Waals surface area (Å²) < 4.78 is 6.12. The summed E-state index contributed by atoms with van der Waals surface area (Å²) in [5.74, 6) is 0.0428. The highest BCUT2D eigenvalue weighted by atomic mass is 35.5. The molecule has 122 valence electrons. The molecule has 0 bridgehead atoms. The van der Waals surface area contributed by atoms with Crippen LogP contribution in [0.5, 0.6) is 0 Å². The van der Waals surface area contributed by atoms with Crippen molar-refractivity contribution in [2.45, 2.75) is 65.1 Å². The van der Waals surface area contributed by atoms with Gasteiger partial charge in [0.15, 0.2) is 0 Å². The highest BCUT2D eigenvalue weighted by molar-refractivity contribution is 6.32. The molecule has 0 saturated carbocycles. The van der Waals surface area contributed by atoms with E-state index in [0.717, 1.165) is 11.1 Å². The fraction of sp³-hybridized carbons (Fsp3) is 0.588. The number of benzene rings is 1. The van der Waals surface area contributed by atoms with Gasteiger partial charge in [-0.1, -0.05) is 45.4 Å². The second kappa shape index (κ2) is 7.62. The van der Waals surface area contributed by atoms with Crippen molar-refractivity contribution >= 4 is 27.3 Å². The van der Waals surface area contributed by atoms with Crippen LogP contribution in [0.15, 0.2) is 18.2 Å². The van der Waals surface area contributed by atoms with Crippen molar-refractivity contribution in [1.29, 1.82) is 0 Å². The standard InChI is InChI=1S/C17H26ClNO2Si/c1-7-15(20)19-11-12-8-9-14(18)13(10-12)17(5,6)21-22-16(2,3)4/h8-10H,7,11H2,1-6H3,(H,19,20). The topological polar surface area (TPSA) is 38.3 Å². The first-order chi connectivity index (χ1) is 10.0. The van der Waals surface area contributed by atoms with Crippen molar-refractivity contribution in [3.05, 3.63) is 34.3 Å². The third kappa shape index (κ3) is 6.11. The van der Waals surface area contributed by atoms with Crippen molar-refractivity contribution in [2.75, 3.05) is 0 Å². The van der Waals surface area contributed by atoms with Crippen LogP contribution in [0.1, 0.15) is 59.1 Å². The lowest BCUT2D eigenvalue weighted by atomic mass is 9.96.